The summed E-state index contributed by atoms with van der Waals surface area (Å²) in [5.74, 6) is -1.74. The van der Waals surface area contributed by atoms with Crippen molar-refractivity contribution in [1.29, 1.82) is 0 Å². The molecule has 1 N–H and O–H groups in total. The van der Waals surface area contributed by atoms with E-state index in [1.165, 1.54) is 31.6 Å². The van der Waals surface area contributed by atoms with Gasteiger partial charge in [-0.3, -0.25) is 19.3 Å². The Morgan fingerprint density at radius 1 is 1.14 bits per heavy atom. The van der Waals surface area contributed by atoms with Crippen LogP contribution in [0, 0.1) is 5.92 Å². The van der Waals surface area contributed by atoms with E-state index in [0.29, 0.717) is 5.76 Å². The van der Waals surface area contributed by atoms with E-state index in [4.69, 9.17) is 9.15 Å². The van der Waals surface area contributed by atoms with Crippen molar-refractivity contribution in [2.24, 2.45) is 5.92 Å². The smallest absolute Gasteiger partial charge is 0.328 e. The number of carbonyl (C=O) groups excluding carboxylic acids is 4. The van der Waals surface area contributed by atoms with Crippen molar-refractivity contribution < 1.29 is 28.3 Å². The second-order valence-corrected chi connectivity index (χ2v) is 6.75. The number of benzene rings is 1. The average Bonchev–Trinajstić information content (AvgIpc) is 3.28. The molecule has 0 aliphatic carbocycles. The van der Waals surface area contributed by atoms with Gasteiger partial charge in [0, 0.05) is 5.56 Å². The van der Waals surface area contributed by atoms with Crippen LogP contribution in [-0.2, 0) is 16.1 Å². The number of nitrogens with zero attached hydrogens (tertiary/aromatic N) is 1. The van der Waals surface area contributed by atoms with E-state index in [9.17, 15) is 19.2 Å². The number of carbonyl (C=O) groups is 4. The Morgan fingerprint density at radius 2 is 1.86 bits per heavy atom. The number of methoxy groups -OCH3 is 1. The van der Waals surface area contributed by atoms with Crippen molar-refractivity contribution in [3.05, 3.63) is 59.0 Å². The van der Waals surface area contributed by atoms with Crippen molar-refractivity contribution >= 4 is 23.7 Å². The number of fused-ring (bicyclic) bond motifs is 1. The third kappa shape index (κ3) is 3.53. The Labute approximate surface area is 161 Å². The lowest BCUT2D eigenvalue weighted by molar-refractivity contribution is -0.144. The van der Waals surface area contributed by atoms with Crippen molar-refractivity contribution in [3.63, 3.8) is 0 Å². The largest absolute Gasteiger partial charge is 0.467 e. The number of imide groups is 1. The van der Waals surface area contributed by atoms with Gasteiger partial charge < -0.3 is 14.5 Å². The molecule has 3 amide bonds. The third-order valence-corrected chi connectivity index (χ3v) is 4.54. The molecule has 2 heterocycles. The molecule has 0 saturated carbocycles. The van der Waals surface area contributed by atoms with Crippen LogP contribution in [0.1, 0.15) is 50.7 Å². The topological polar surface area (TPSA) is 106 Å². The number of hydrogen-bond donors (Lipinski definition) is 1. The van der Waals surface area contributed by atoms with Crippen LogP contribution >= 0.6 is 0 Å². The van der Waals surface area contributed by atoms with E-state index in [2.05, 4.69) is 5.32 Å². The normalized spacial score (nSPS) is 14.2. The molecule has 1 aromatic carbocycles. The molecule has 3 rings (SSSR count). The van der Waals surface area contributed by atoms with Crippen LogP contribution in [0.4, 0.5) is 0 Å². The summed E-state index contributed by atoms with van der Waals surface area (Å²) in [6, 6.07) is 6.77. The lowest BCUT2D eigenvalue weighted by atomic mass is 10.0. The minimum absolute atomic E-state index is 0.0125. The molecule has 28 heavy (non-hydrogen) atoms. The maximum atomic E-state index is 12.7. The molecule has 0 fully saturated rings. The van der Waals surface area contributed by atoms with Gasteiger partial charge >= 0.3 is 5.97 Å². The summed E-state index contributed by atoms with van der Waals surface area (Å²) >= 11 is 0. The summed E-state index contributed by atoms with van der Waals surface area (Å²) in [6.45, 7) is 3.57. The van der Waals surface area contributed by atoms with Crippen LogP contribution < -0.4 is 5.32 Å². The number of rotatable bonds is 6. The van der Waals surface area contributed by atoms with Crippen LogP contribution in [0.3, 0.4) is 0 Å². The number of furan rings is 1. The van der Waals surface area contributed by atoms with Gasteiger partial charge in [-0.25, -0.2) is 4.79 Å². The van der Waals surface area contributed by atoms with Crippen LogP contribution in [-0.4, -0.2) is 41.7 Å². The van der Waals surface area contributed by atoms with Crippen LogP contribution in [0.2, 0.25) is 0 Å². The molecule has 1 aliphatic rings. The fourth-order valence-electron chi connectivity index (χ4n) is 2.98. The summed E-state index contributed by atoms with van der Waals surface area (Å²) in [4.78, 5) is 50.6. The highest BCUT2D eigenvalue weighted by atomic mass is 16.5. The Hall–Kier alpha value is -3.42. The van der Waals surface area contributed by atoms with Gasteiger partial charge in [-0.15, -0.1) is 0 Å². The highest BCUT2D eigenvalue weighted by Gasteiger charge is 2.36. The third-order valence-electron chi connectivity index (χ3n) is 4.54. The number of amides is 3. The van der Waals surface area contributed by atoms with E-state index < -0.39 is 29.7 Å². The van der Waals surface area contributed by atoms with Gasteiger partial charge in [0.2, 0.25) is 0 Å². The maximum absolute atomic E-state index is 12.7. The van der Waals surface area contributed by atoms with E-state index in [-0.39, 0.29) is 29.2 Å². The predicted molar refractivity (Wildman–Crippen MR) is 97.5 cm³/mol. The summed E-state index contributed by atoms with van der Waals surface area (Å²) in [5.41, 5.74) is 0.541. The molecule has 146 valence electrons. The van der Waals surface area contributed by atoms with Gasteiger partial charge in [0.1, 0.15) is 11.8 Å². The van der Waals surface area contributed by atoms with Gasteiger partial charge in [-0.05, 0) is 36.2 Å². The Morgan fingerprint density at radius 3 is 2.46 bits per heavy atom. The fraction of sp³-hybridized carbons (Fsp3) is 0.300. The molecule has 1 aromatic heterocycles. The molecule has 1 aliphatic heterocycles. The van der Waals surface area contributed by atoms with Crippen molar-refractivity contribution in [3.8, 4) is 0 Å². The molecule has 2 aromatic rings. The average molecular weight is 384 g/mol. The van der Waals surface area contributed by atoms with Crippen LogP contribution in [0.5, 0.6) is 0 Å². The molecule has 0 unspecified atom stereocenters. The number of ether oxygens (including phenoxy) is 1. The lowest BCUT2D eigenvalue weighted by Gasteiger charge is -2.19. The molecule has 0 spiro atoms. The monoisotopic (exact) mass is 384 g/mol. The molecular formula is C20H20N2O6. The van der Waals surface area contributed by atoms with Crippen molar-refractivity contribution in [1.82, 2.24) is 10.2 Å². The Bertz CT molecular complexity index is 932. The molecular weight excluding hydrogens is 364 g/mol. The first kappa shape index (κ1) is 19.3. The van der Waals surface area contributed by atoms with Gasteiger partial charge in [-0.1, -0.05) is 13.8 Å². The molecule has 0 bridgehead atoms. The fourth-order valence-corrected chi connectivity index (χ4v) is 2.98. The quantitative estimate of drug-likeness (QED) is 0.603. The van der Waals surface area contributed by atoms with Crippen molar-refractivity contribution in [2.75, 3.05) is 7.11 Å². The van der Waals surface area contributed by atoms with Crippen LogP contribution in [0.15, 0.2) is 41.0 Å². The van der Waals surface area contributed by atoms with Gasteiger partial charge in [0.25, 0.3) is 17.7 Å². The molecule has 8 nitrogen and oxygen atoms in total. The lowest BCUT2D eigenvalue weighted by Crippen LogP contribution is -2.45. The van der Waals surface area contributed by atoms with Crippen molar-refractivity contribution in [2.45, 2.75) is 26.4 Å². The molecule has 1 atom stereocenters. The van der Waals surface area contributed by atoms with E-state index in [0.717, 1.165) is 4.90 Å². The second-order valence-electron chi connectivity index (χ2n) is 6.75. The first-order valence-corrected chi connectivity index (χ1v) is 8.74. The highest BCUT2D eigenvalue weighted by Crippen LogP contribution is 2.26. The van der Waals surface area contributed by atoms with E-state index in [1.54, 1.807) is 26.0 Å². The number of esters is 1. The molecule has 8 heteroatoms. The Kier molecular flexibility index (Phi) is 5.30. The number of hydrogen-bond acceptors (Lipinski definition) is 6. The zero-order valence-electron chi connectivity index (χ0n) is 15.7. The standard InChI is InChI=1S/C20H20N2O6/c1-11(2)16(20(26)27-3)21-17(23)12-6-7-14-15(9-12)19(25)22(18(14)24)10-13-5-4-8-28-13/h4-9,11,16H,10H2,1-3H3,(H,21,23)/t16-/m1/s1. The minimum atomic E-state index is -0.821. The van der Waals surface area contributed by atoms with E-state index >= 15 is 0 Å². The van der Waals surface area contributed by atoms with Gasteiger partial charge in [-0.2, -0.15) is 0 Å². The molecule has 0 radical (unpaired) electrons. The van der Waals surface area contributed by atoms with Gasteiger partial charge in [0.15, 0.2) is 0 Å². The van der Waals surface area contributed by atoms with Crippen LogP contribution in [0.25, 0.3) is 0 Å². The maximum Gasteiger partial charge on any atom is 0.328 e. The SMILES string of the molecule is COC(=O)[C@H](NC(=O)c1ccc2c(c1)C(=O)N(Cc1ccco1)C2=O)C(C)C. The second kappa shape index (κ2) is 7.67. The summed E-state index contributed by atoms with van der Waals surface area (Å²) in [7, 11) is 1.25. The zero-order chi connectivity index (χ0) is 20.4. The summed E-state index contributed by atoms with van der Waals surface area (Å²) in [5, 5.41) is 2.61. The van der Waals surface area contributed by atoms with Gasteiger partial charge in [0.05, 0.1) is 31.0 Å². The minimum Gasteiger partial charge on any atom is -0.467 e. The first-order valence-electron chi connectivity index (χ1n) is 8.74. The number of nitrogens with one attached hydrogen (secondary N) is 1. The summed E-state index contributed by atoms with van der Waals surface area (Å²) in [6.07, 6.45) is 1.46. The summed E-state index contributed by atoms with van der Waals surface area (Å²) < 4.78 is 9.91. The first-order chi connectivity index (χ1) is 13.3. The molecule has 0 saturated heterocycles. The Balaban J connectivity index is 1.82. The predicted octanol–water partition coefficient (Wildman–Crippen LogP) is 2.00. The highest BCUT2D eigenvalue weighted by molar-refractivity contribution is 6.22. The zero-order valence-corrected chi connectivity index (χ0v) is 15.7. The van der Waals surface area contributed by atoms with E-state index in [1.807, 2.05) is 0 Å².